The zero-order valence-corrected chi connectivity index (χ0v) is 10.5. The van der Waals surface area contributed by atoms with E-state index in [0.29, 0.717) is 31.5 Å². The van der Waals surface area contributed by atoms with Crippen molar-refractivity contribution in [2.45, 2.75) is 13.3 Å². The summed E-state index contributed by atoms with van der Waals surface area (Å²) in [6.07, 6.45) is 3.40. The molecule has 0 bridgehead atoms. The fourth-order valence-corrected chi connectivity index (χ4v) is 1.29. The normalized spacial score (nSPS) is 10.4. The van der Waals surface area contributed by atoms with Gasteiger partial charge in [-0.25, -0.2) is 4.98 Å². The van der Waals surface area contributed by atoms with Crippen LogP contribution in [-0.2, 0) is 0 Å². The lowest BCUT2D eigenvalue weighted by molar-refractivity contribution is 0.224. The molecule has 0 aliphatic carbocycles. The van der Waals surface area contributed by atoms with Crippen LogP contribution in [0.1, 0.15) is 13.3 Å². The lowest BCUT2D eigenvalue weighted by atomic mass is 10.5. The number of anilines is 1. The molecule has 9 nitrogen and oxygen atoms in total. The third-order valence-corrected chi connectivity index (χ3v) is 2.10. The lowest BCUT2D eigenvalue weighted by Gasteiger charge is -2.07. The maximum Gasteiger partial charge on any atom is 0.323 e. The van der Waals surface area contributed by atoms with Gasteiger partial charge < -0.3 is 15.2 Å². The molecule has 19 heavy (non-hydrogen) atoms. The van der Waals surface area contributed by atoms with E-state index in [2.05, 4.69) is 30.4 Å². The summed E-state index contributed by atoms with van der Waals surface area (Å²) in [5, 5.41) is 15.7. The Bertz CT molecular complexity index is 503. The second kappa shape index (κ2) is 6.59. The third kappa shape index (κ3) is 3.58. The maximum absolute atomic E-state index is 8.72. The Morgan fingerprint density at radius 3 is 2.95 bits per heavy atom. The Balaban J connectivity index is 2.22. The molecule has 0 amide bonds. The molecule has 0 aliphatic heterocycles. The average molecular weight is 265 g/mol. The molecule has 9 heteroatoms. The van der Waals surface area contributed by atoms with Crippen molar-refractivity contribution in [1.82, 2.24) is 29.7 Å². The molecule has 2 heterocycles. The van der Waals surface area contributed by atoms with Crippen molar-refractivity contribution in [2.24, 2.45) is 0 Å². The van der Waals surface area contributed by atoms with Crippen LogP contribution >= 0.6 is 0 Å². The minimum Gasteiger partial charge on any atom is -0.463 e. The fourth-order valence-electron chi connectivity index (χ4n) is 1.29. The van der Waals surface area contributed by atoms with E-state index in [1.165, 1.54) is 17.3 Å². The van der Waals surface area contributed by atoms with Crippen LogP contribution in [0.15, 0.2) is 12.7 Å². The summed E-state index contributed by atoms with van der Waals surface area (Å²) < 4.78 is 6.77. The van der Waals surface area contributed by atoms with Crippen molar-refractivity contribution < 1.29 is 9.84 Å². The van der Waals surface area contributed by atoms with Gasteiger partial charge in [0.05, 0.1) is 6.61 Å². The van der Waals surface area contributed by atoms with Gasteiger partial charge in [-0.3, -0.25) is 0 Å². The predicted octanol–water partition coefficient (Wildman–Crippen LogP) is -0.355. The molecule has 0 radical (unpaired) electrons. The number of aliphatic hydroxyl groups excluding tert-OH is 1. The molecule has 0 saturated heterocycles. The van der Waals surface area contributed by atoms with Crippen LogP contribution in [0.2, 0.25) is 0 Å². The van der Waals surface area contributed by atoms with E-state index < -0.39 is 0 Å². The summed E-state index contributed by atoms with van der Waals surface area (Å²) in [5.74, 6) is 0.726. The molecule has 0 aromatic carbocycles. The first-order valence-electron chi connectivity index (χ1n) is 5.92. The van der Waals surface area contributed by atoms with E-state index >= 15 is 0 Å². The van der Waals surface area contributed by atoms with Crippen molar-refractivity contribution in [3.8, 4) is 12.0 Å². The van der Waals surface area contributed by atoms with Gasteiger partial charge in [0.1, 0.15) is 12.7 Å². The molecule has 2 rings (SSSR count). The molecule has 2 N–H and O–H groups in total. The van der Waals surface area contributed by atoms with Crippen molar-refractivity contribution in [2.75, 3.05) is 25.1 Å². The smallest absolute Gasteiger partial charge is 0.323 e. The second-order valence-corrected chi connectivity index (χ2v) is 3.54. The molecule has 102 valence electrons. The van der Waals surface area contributed by atoms with Gasteiger partial charge in [0.25, 0.3) is 5.95 Å². The molecule has 0 saturated carbocycles. The van der Waals surface area contributed by atoms with Crippen LogP contribution in [0.25, 0.3) is 5.95 Å². The van der Waals surface area contributed by atoms with Gasteiger partial charge in [-0.15, -0.1) is 0 Å². The Morgan fingerprint density at radius 1 is 1.37 bits per heavy atom. The Labute approximate surface area is 109 Å². The van der Waals surface area contributed by atoms with Crippen LogP contribution in [0.5, 0.6) is 6.01 Å². The standard InChI is InChI=1S/C10H15N7O2/c1-2-12-8-14-9(17-7-11-6-13-17)16-10(15-8)19-5-3-4-18/h6-7,18H,2-5H2,1H3,(H,12,14,15,16). The number of hydrogen-bond acceptors (Lipinski definition) is 8. The van der Waals surface area contributed by atoms with Crippen molar-refractivity contribution in [3.05, 3.63) is 12.7 Å². The van der Waals surface area contributed by atoms with Crippen LogP contribution < -0.4 is 10.1 Å². The monoisotopic (exact) mass is 265 g/mol. The van der Waals surface area contributed by atoms with Gasteiger partial charge in [0.2, 0.25) is 5.95 Å². The molecular formula is C10H15N7O2. The van der Waals surface area contributed by atoms with Gasteiger partial charge >= 0.3 is 6.01 Å². The molecule has 0 unspecified atom stereocenters. The van der Waals surface area contributed by atoms with E-state index in [1.807, 2.05) is 6.92 Å². The molecule has 0 aliphatic rings. The molecule has 0 fully saturated rings. The van der Waals surface area contributed by atoms with Gasteiger partial charge in [-0.1, -0.05) is 0 Å². The van der Waals surface area contributed by atoms with Crippen molar-refractivity contribution in [3.63, 3.8) is 0 Å². The summed E-state index contributed by atoms with van der Waals surface area (Å²) in [5.41, 5.74) is 0. The highest BCUT2D eigenvalue weighted by atomic mass is 16.5. The Hall–Kier alpha value is -2.29. The minimum atomic E-state index is 0.0566. The average Bonchev–Trinajstić information content (AvgIpc) is 2.93. The summed E-state index contributed by atoms with van der Waals surface area (Å²) in [7, 11) is 0. The number of nitrogens with one attached hydrogen (secondary N) is 1. The second-order valence-electron chi connectivity index (χ2n) is 3.54. The Kier molecular flexibility index (Phi) is 4.56. The zero-order valence-electron chi connectivity index (χ0n) is 10.5. The first kappa shape index (κ1) is 13.1. The van der Waals surface area contributed by atoms with E-state index in [4.69, 9.17) is 9.84 Å². The number of aliphatic hydroxyl groups is 1. The summed E-state index contributed by atoms with van der Waals surface area (Å²) in [6.45, 7) is 3.01. The van der Waals surface area contributed by atoms with Crippen LogP contribution in [-0.4, -0.2) is 54.6 Å². The van der Waals surface area contributed by atoms with Gasteiger partial charge in [-0.05, 0) is 6.92 Å². The van der Waals surface area contributed by atoms with E-state index in [9.17, 15) is 0 Å². The van der Waals surface area contributed by atoms with Gasteiger partial charge in [-0.2, -0.15) is 24.7 Å². The molecule has 2 aromatic rings. The molecule has 2 aromatic heterocycles. The summed E-state index contributed by atoms with van der Waals surface area (Å²) in [4.78, 5) is 16.3. The van der Waals surface area contributed by atoms with Gasteiger partial charge in [0, 0.05) is 19.6 Å². The van der Waals surface area contributed by atoms with E-state index in [1.54, 1.807) is 0 Å². The highest BCUT2D eigenvalue weighted by Gasteiger charge is 2.09. The zero-order chi connectivity index (χ0) is 13.5. The molecular weight excluding hydrogens is 250 g/mol. The van der Waals surface area contributed by atoms with E-state index in [0.717, 1.165) is 0 Å². The third-order valence-electron chi connectivity index (χ3n) is 2.10. The van der Waals surface area contributed by atoms with Crippen LogP contribution in [0.4, 0.5) is 5.95 Å². The first-order valence-corrected chi connectivity index (χ1v) is 5.92. The molecule has 0 spiro atoms. The van der Waals surface area contributed by atoms with Crippen LogP contribution in [0.3, 0.4) is 0 Å². The van der Waals surface area contributed by atoms with Gasteiger partial charge in [0.15, 0.2) is 0 Å². The first-order chi connectivity index (χ1) is 9.33. The number of aromatic nitrogens is 6. The predicted molar refractivity (Wildman–Crippen MR) is 66.1 cm³/mol. The fraction of sp³-hybridized carbons (Fsp3) is 0.500. The minimum absolute atomic E-state index is 0.0566. The van der Waals surface area contributed by atoms with Crippen LogP contribution in [0, 0.1) is 0 Å². The quantitative estimate of drug-likeness (QED) is 0.653. The number of ether oxygens (including phenoxy) is 1. The highest BCUT2D eigenvalue weighted by Crippen LogP contribution is 2.10. The van der Waals surface area contributed by atoms with Crippen molar-refractivity contribution >= 4 is 5.95 Å². The Morgan fingerprint density at radius 2 is 2.26 bits per heavy atom. The number of rotatable bonds is 7. The summed E-state index contributed by atoms with van der Waals surface area (Å²) >= 11 is 0. The van der Waals surface area contributed by atoms with Crippen molar-refractivity contribution in [1.29, 1.82) is 0 Å². The number of hydrogen-bond donors (Lipinski definition) is 2. The highest BCUT2D eigenvalue weighted by molar-refractivity contribution is 5.29. The topological polar surface area (TPSA) is 111 Å². The molecule has 0 atom stereocenters. The largest absolute Gasteiger partial charge is 0.463 e. The summed E-state index contributed by atoms with van der Waals surface area (Å²) in [6, 6.07) is 0.185. The SMILES string of the molecule is CCNc1nc(OCCCO)nc(-n2cncn2)n1. The number of nitrogens with zero attached hydrogens (tertiary/aromatic N) is 6. The van der Waals surface area contributed by atoms with E-state index in [-0.39, 0.29) is 12.6 Å². The maximum atomic E-state index is 8.72. The lowest BCUT2D eigenvalue weighted by Crippen LogP contribution is -2.12.